The van der Waals surface area contributed by atoms with Crippen molar-refractivity contribution in [2.45, 2.75) is 83.7 Å². The summed E-state index contributed by atoms with van der Waals surface area (Å²) in [5.74, 6) is 1.22. The molecule has 0 aromatic rings. The monoisotopic (exact) mass is 263 g/mol. The van der Waals surface area contributed by atoms with Gasteiger partial charge in [-0.2, -0.15) is 5.26 Å². The van der Waals surface area contributed by atoms with Crippen LogP contribution in [0.5, 0.6) is 0 Å². The van der Waals surface area contributed by atoms with Gasteiger partial charge in [-0.25, -0.2) is 0 Å². The Morgan fingerprint density at radius 3 is 2.05 bits per heavy atom. The molecular weight excluding hydrogens is 234 g/mol. The Kier molecular flexibility index (Phi) is 4.56. The van der Waals surface area contributed by atoms with Crippen molar-refractivity contribution in [1.82, 2.24) is 0 Å². The van der Waals surface area contributed by atoms with E-state index >= 15 is 0 Å². The first-order chi connectivity index (χ1) is 9.03. The Hall–Kier alpha value is -0.550. The Morgan fingerprint density at radius 2 is 1.53 bits per heavy atom. The molecule has 0 aromatic heterocycles. The minimum atomic E-state index is -0.731. The lowest BCUT2D eigenvalue weighted by molar-refractivity contribution is -0.113. The van der Waals surface area contributed by atoms with Crippen LogP contribution in [-0.4, -0.2) is 10.7 Å². The van der Waals surface area contributed by atoms with Crippen LogP contribution in [-0.2, 0) is 0 Å². The summed E-state index contributed by atoms with van der Waals surface area (Å²) in [7, 11) is 0. The molecule has 0 heterocycles. The lowest BCUT2D eigenvalue weighted by atomic mass is 9.57. The quantitative estimate of drug-likeness (QED) is 0.760. The standard InChI is InChI=1S/C17H29NO/c1-14-8-11-17(19,12-15(14)2)16(13-18)9-6-4-3-5-7-10-16/h14-15,19H,3-12H2,1-2H3. The van der Waals surface area contributed by atoms with Crippen molar-refractivity contribution in [3.8, 4) is 6.07 Å². The molecule has 2 fully saturated rings. The summed E-state index contributed by atoms with van der Waals surface area (Å²) in [5.41, 5.74) is -1.20. The van der Waals surface area contributed by atoms with Crippen LogP contribution in [0.15, 0.2) is 0 Å². The highest BCUT2D eigenvalue weighted by molar-refractivity contribution is 5.13. The Balaban J connectivity index is 2.21. The average molecular weight is 263 g/mol. The normalized spacial score (nSPS) is 39.9. The molecule has 0 spiro atoms. The highest BCUT2D eigenvalue weighted by Crippen LogP contribution is 2.51. The van der Waals surface area contributed by atoms with E-state index in [9.17, 15) is 10.4 Å². The van der Waals surface area contributed by atoms with Crippen LogP contribution < -0.4 is 0 Å². The van der Waals surface area contributed by atoms with Crippen molar-refractivity contribution in [1.29, 1.82) is 5.26 Å². The maximum Gasteiger partial charge on any atom is 0.0860 e. The van der Waals surface area contributed by atoms with Gasteiger partial charge in [-0.1, -0.05) is 46.0 Å². The van der Waals surface area contributed by atoms with Crippen LogP contribution in [0.1, 0.15) is 78.1 Å². The number of hydrogen-bond donors (Lipinski definition) is 1. The fraction of sp³-hybridized carbons (Fsp3) is 0.941. The predicted octanol–water partition coefficient (Wildman–Crippen LogP) is 4.43. The molecule has 1 N–H and O–H groups in total. The molecular formula is C17H29NO. The van der Waals surface area contributed by atoms with Gasteiger partial charge in [-0.15, -0.1) is 0 Å². The lowest BCUT2D eigenvalue weighted by Crippen LogP contribution is -2.52. The molecule has 19 heavy (non-hydrogen) atoms. The molecule has 2 aliphatic carbocycles. The van der Waals surface area contributed by atoms with Crippen molar-refractivity contribution in [2.24, 2.45) is 17.3 Å². The van der Waals surface area contributed by atoms with E-state index in [0.717, 1.165) is 44.9 Å². The molecule has 0 bridgehead atoms. The van der Waals surface area contributed by atoms with E-state index in [1.54, 1.807) is 0 Å². The first-order valence-corrected chi connectivity index (χ1v) is 8.17. The van der Waals surface area contributed by atoms with Crippen LogP contribution in [0.25, 0.3) is 0 Å². The number of rotatable bonds is 1. The minimum Gasteiger partial charge on any atom is -0.388 e. The average Bonchev–Trinajstić information content (AvgIpc) is 2.35. The van der Waals surface area contributed by atoms with Gasteiger partial charge >= 0.3 is 0 Å². The molecule has 0 saturated heterocycles. The van der Waals surface area contributed by atoms with Crippen molar-refractivity contribution in [2.75, 3.05) is 0 Å². The largest absolute Gasteiger partial charge is 0.388 e. The molecule has 0 radical (unpaired) electrons. The Bertz CT molecular complexity index is 338. The van der Waals surface area contributed by atoms with Gasteiger partial charge in [0.15, 0.2) is 0 Å². The SMILES string of the molecule is CC1CCC(O)(C2(C#N)CCCCCCC2)CC1C. The molecule has 0 aliphatic heterocycles. The summed E-state index contributed by atoms with van der Waals surface area (Å²) >= 11 is 0. The molecule has 108 valence electrons. The van der Waals surface area contributed by atoms with Gasteiger partial charge in [-0.3, -0.25) is 0 Å². The summed E-state index contributed by atoms with van der Waals surface area (Å²) < 4.78 is 0. The highest BCUT2D eigenvalue weighted by Gasteiger charge is 2.52. The van der Waals surface area contributed by atoms with E-state index in [-0.39, 0.29) is 0 Å². The Morgan fingerprint density at radius 1 is 0.947 bits per heavy atom. The van der Waals surface area contributed by atoms with E-state index in [1.807, 2.05) is 0 Å². The van der Waals surface area contributed by atoms with Crippen LogP contribution >= 0.6 is 0 Å². The third-order valence-corrected chi connectivity index (χ3v) is 5.96. The summed E-state index contributed by atoms with van der Waals surface area (Å²) in [6.07, 6.45) is 10.5. The van der Waals surface area contributed by atoms with Crippen LogP contribution in [0.2, 0.25) is 0 Å². The third-order valence-electron chi connectivity index (χ3n) is 5.96. The smallest absolute Gasteiger partial charge is 0.0860 e. The molecule has 2 heteroatoms. The summed E-state index contributed by atoms with van der Waals surface area (Å²) in [6, 6.07) is 2.58. The van der Waals surface area contributed by atoms with E-state index < -0.39 is 11.0 Å². The van der Waals surface area contributed by atoms with Gasteiger partial charge < -0.3 is 5.11 Å². The molecule has 2 nitrogen and oxygen atoms in total. The number of hydrogen-bond acceptors (Lipinski definition) is 2. The zero-order valence-corrected chi connectivity index (χ0v) is 12.6. The van der Waals surface area contributed by atoms with Crippen molar-refractivity contribution >= 4 is 0 Å². The van der Waals surface area contributed by atoms with Crippen molar-refractivity contribution < 1.29 is 5.11 Å². The van der Waals surface area contributed by atoms with Gasteiger partial charge in [0.2, 0.25) is 0 Å². The summed E-state index contributed by atoms with van der Waals surface area (Å²) in [4.78, 5) is 0. The van der Waals surface area contributed by atoms with E-state index in [2.05, 4.69) is 19.9 Å². The first kappa shape index (κ1) is 14.9. The molecule has 3 atom stereocenters. The summed E-state index contributed by atoms with van der Waals surface area (Å²) in [5, 5.41) is 21.0. The van der Waals surface area contributed by atoms with E-state index in [0.29, 0.717) is 11.8 Å². The Labute approximate surface area is 118 Å². The van der Waals surface area contributed by atoms with Crippen LogP contribution in [0.4, 0.5) is 0 Å². The van der Waals surface area contributed by atoms with Gasteiger partial charge in [0, 0.05) is 0 Å². The minimum absolute atomic E-state index is 0.470. The second-order valence-corrected chi connectivity index (χ2v) is 7.19. The zero-order valence-electron chi connectivity index (χ0n) is 12.6. The lowest BCUT2D eigenvalue weighted by Gasteiger charge is -2.49. The second kappa shape index (κ2) is 5.83. The van der Waals surface area contributed by atoms with Gasteiger partial charge in [-0.05, 0) is 43.9 Å². The number of nitrogens with zero attached hydrogens (tertiary/aromatic N) is 1. The van der Waals surface area contributed by atoms with Crippen molar-refractivity contribution in [3.05, 3.63) is 0 Å². The second-order valence-electron chi connectivity index (χ2n) is 7.19. The van der Waals surface area contributed by atoms with Gasteiger partial charge in [0.25, 0.3) is 0 Å². The van der Waals surface area contributed by atoms with Crippen LogP contribution in [0.3, 0.4) is 0 Å². The zero-order chi connectivity index (χ0) is 13.9. The molecule has 2 aliphatic rings. The molecule has 2 saturated carbocycles. The van der Waals surface area contributed by atoms with Crippen molar-refractivity contribution in [3.63, 3.8) is 0 Å². The molecule has 3 unspecified atom stereocenters. The summed E-state index contributed by atoms with van der Waals surface area (Å²) in [6.45, 7) is 4.52. The first-order valence-electron chi connectivity index (χ1n) is 8.17. The topological polar surface area (TPSA) is 44.0 Å². The maximum atomic E-state index is 11.2. The van der Waals surface area contributed by atoms with Gasteiger partial charge in [0.05, 0.1) is 17.1 Å². The maximum absolute atomic E-state index is 11.2. The van der Waals surface area contributed by atoms with Crippen LogP contribution in [0, 0.1) is 28.6 Å². The fourth-order valence-electron chi connectivity index (χ4n) is 4.21. The van der Waals surface area contributed by atoms with E-state index in [1.165, 1.54) is 19.3 Å². The molecule has 2 rings (SSSR count). The number of nitriles is 1. The fourth-order valence-corrected chi connectivity index (χ4v) is 4.21. The molecule has 0 amide bonds. The number of aliphatic hydroxyl groups is 1. The highest BCUT2D eigenvalue weighted by atomic mass is 16.3. The predicted molar refractivity (Wildman–Crippen MR) is 77.5 cm³/mol. The molecule has 0 aromatic carbocycles. The third kappa shape index (κ3) is 2.82. The van der Waals surface area contributed by atoms with E-state index in [4.69, 9.17) is 0 Å². The van der Waals surface area contributed by atoms with Gasteiger partial charge in [0.1, 0.15) is 0 Å².